The molecule has 0 fully saturated rings. The molecule has 0 aliphatic carbocycles. The van der Waals surface area contributed by atoms with Gasteiger partial charge >= 0.3 is 0 Å². The molecular weight excluding hydrogens is 314 g/mol. The first-order chi connectivity index (χ1) is 12.1. The van der Waals surface area contributed by atoms with Gasteiger partial charge < -0.3 is 20.0 Å². The van der Waals surface area contributed by atoms with E-state index in [-0.39, 0.29) is 0 Å². The third-order valence-corrected chi connectivity index (χ3v) is 4.40. The Morgan fingerprint density at radius 3 is 2.80 bits per heavy atom. The second-order valence-corrected chi connectivity index (χ2v) is 6.16. The molecule has 0 saturated heterocycles. The Kier molecular flexibility index (Phi) is 5.07. The van der Waals surface area contributed by atoms with E-state index in [9.17, 15) is 0 Å². The van der Waals surface area contributed by atoms with Crippen LogP contribution in [0.1, 0.15) is 28.5 Å². The Bertz CT molecular complexity index is 871. The quantitative estimate of drug-likeness (QED) is 0.493. The number of nitrogens with one attached hydrogen (secondary N) is 3. The molecule has 6 nitrogen and oxygen atoms in total. The molecule has 0 saturated carbocycles. The molecule has 3 N–H and O–H groups in total. The molecule has 2 heterocycles. The summed E-state index contributed by atoms with van der Waals surface area (Å²) in [4.78, 5) is 12.0. The molecule has 3 aromatic rings. The lowest BCUT2D eigenvalue weighted by molar-refractivity contribution is 0.464. The van der Waals surface area contributed by atoms with Gasteiger partial charge in [0.1, 0.15) is 5.76 Å². The normalized spacial score (nSPS) is 11.9. The van der Waals surface area contributed by atoms with Crippen LogP contribution in [0.5, 0.6) is 0 Å². The van der Waals surface area contributed by atoms with Gasteiger partial charge in [-0.2, -0.15) is 0 Å². The predicted octanol–water partition coefficient (Wildman–Crippen LogP) is 2.99. The van der Waals surface area contributed by atoms with Crippen molar-refractivity contribution >= 4 is 16.9 Å². The van der Waals surface area contributed by atoms with Crippen molar-refractivity contribution < 1.29 is 4.42 Å². The molecule has 0 amide bonds. The molecule has 2 aromatic heterocycles. The highest BCUT2D eigenvalue weighted by atomic mass is 16.4. The molecule has 6 heteroatoms. The SMILES string of the molecule is CN=C(NCCc1c[nH]c2c(C)cccc12)NCc1nc(C)c(C)o1. The van der Waals surface area contributed by atoms with Crippen molar-refractivity contribution in [2.45, 2.75) is 33.7 Å². The summed E-state index contributed by atoms with van der Waals surface area (Å²) in [5.41, 5.74) is 4.72. The van der Waals surface area contributed by atoms with Gasteiger partial charge in [-0.15, -0.1) is 0 Å². The van der Waals surface area contributed by atoms with Gasteiger partial charge in [0.25, 0.3) is 0 Å². The molecular formula is C19H25N5O. The number of oxazole rings is 1. The van der Waals surface area contributed by atoms with E-state index in [1.807, 2.05) is 13.8 Å². The van der Waals surface area contributed by atoms with Crippen molar-refractivity contribution in [1.82, 2.24) is 20.6 Å². The standard InChI is InChI=1S/C19H25N5O/c1-12-6-5-7-16-15(10-22-18(12)16)8-9-21-19(20-4)23-11-17-24-13(2)14(3)25-17/h5-7,10,22H,8-9,11H2,1-4H3,(H2,20,21,23). The number of fused-ring (bicyclic) bond motifs is 1. The van der Waals surface area contributed by atoms with Gasteiger partial charge in [0.05, 0.1) is 12.2 Å². The highest BCUT2D eigenvalue weighted by molar-refractivity contribution is 5.86. The lowest BCUT2D eigenvalue weighted by atomic mass is 10.1. The van der Waals surface area contributed by atoms with Crippen LogP contribution in [-0.4, -0.2) is 29.5 Å². The number of rotatable bonds is 5. The van der Waals surface area contributed by atoms with Crippen LogP contribution in [0.4, 0.5) is 0 Å². The van der Waals surface area contributed by atoms with Crippen molar-refractivity contribution in [3.8, 4) is 0 Å². The number of aryl methyl sites for hydroxylation is 3. The molecule has 0 bridgehead atoms. The number of benzene rings is 1. The van der Waals surface area contributed by atoms with Crippen LogP contribution >= 0.6 is 0 Å². The topological polar surface area (TPSA) is 78.2 Å². The fourth-order valence-corrected chi connectivity index (χ4v) is 2.88. The van der Waals surface area contributed by atoms with Crippen molar-refractivity contribution in [2.24, 2.45) is 4.99 Å². The summed E-state index contributed by atoms with van der Waals surface area (Å²) in [6, 6.07) is 6.39. The summed E-state index contributed by atoms with van der Waals surface area (Å²) in [5.74, 6) is 2.27. The van der Waals surface area contributed by atoms with Crippen molar-refractivity contribution in [1.29, 1.82) is 0 Å². The minimum atomic E-state index is 0.515. The number of aliphatic imine (C=N–C) groups is 1. The fraction of sp³-hybridized carbons (Fsp3) is 0.368. The van der Waals surface area contributed by atoms with Crippen molar-refractivity contribution in [2.75, 3.05) is 13.6 Å². The number of hydrogen-bond acceptors (Lipinski definition) is 3. The molecule has 0 aliphatic heterocycles. The Hall–Kier alpha value is -2.76. The Morgan fingerprint density at radius 1 is 1.24 bits per heavy atom. The van der Waals surface area contributed by atoms with Crippen LogP contribution in [0, 0.1) is 20.8 Å². The number of guanidine groups is 1. The van der Waals surface area contributed by atoms with E-state index < -0.39 is 0 Å². The maximum absolute atomic E-state index is 5.57. The summed E-state index contributed by atoms with van der Waals surface area (Å²) in [5, 5.41) is 7.85. The van der Waals surface area contributed by atoms with Gasteiger partial charge in [-0.05, 0) is 38.3 Å². The summed E-state index contributed by atoms with van der Waals surface area (Å²) >= 11 is 0. The van der Waals surface area contributed by atoms with E-state index >= 15 is 0 Å². The molecule has 0 radical (unpaired) electrons. The Morgan fingerprint density at radius 2 is 2.08 bits per heavy atom. The van der Waals surface area contributed by atoms with E-state index in [2.05, 4.69) is 56.9 Å². The minimum Gasteiger partial charge on any atom is -0.444 e. The van der Waals surface area contributed by atoms with E-state index in [1.165, 1.54) is 22.0 Å². The number of aromatic amines is 1. The summed E-state index contributed by atoms with van der Waals surface area (Å²) < 4.78 is 5.57. The molecule has 132 valence electrons. The maximum Gasteiger partial charge on any atom is 0.214 e. The van der Waals surface area contributed by atoms with Crippen molar-refractivity contribution in [3.63, 3.8) is 0 Å². The summed E-state index contributed by atoms with van der Waals surface area (Å²) in [7, 11) is 1.76. The first-order valence-corrected chi connectivity index (χ1v) is 8.51. The number of H-pyrrole nitrogens is 1. The average molecular weight is 339 g/mol. The van der Waals surface area contributed by atoms with Gasteiger partial charge in [0.2, 0.25) is 5.89 Å². The summed E-state index contributed by atoms with van der Waals surface area (Å²) in [6.45, 7) is 7.30. The second kappa shape index (κ2) is 7.42. The second-order valence-electron chi connectivity index (χ2n) is 6.16. The number of hydrogen-bond donors (Lipinski definition) is 3. The first kappa shape index (κ1) is 17.1. The lowest BCUT2D eigenvalue weighted by Crippen LogP contribution is -2.37. The van der Waals surface area contributed by atoms with Gasteiger partial charge in [0, 0.05) is 30.7 Å². The van der Waals surface area contributed by atoms with Crippen LogP contribution < -0.4 is 10.6 Å². The van der Waals surface area contributed by atoms with Crippen LogP contribution in [0.15, 0.2) is 33.8 Å². The fourth-order valence-electron chi connectivity index (χ4n) is 2.88. The van der Waals surface area contributed by atoms with E-state index in [0.717, 1.165) is 30.4 Å². The Balaban J connectivity index is 1.53. The third kappa shape index (κ3) is 3.84. The third-order valence-electron chi connectivity index (χ3n) is 4.40. The van der Waals surface area contributed by atoms with Gasteiger partial charge in [-0.3, -0.25) is 4.99 Å². The van der Waals surface area contributed by atoms with Crippen LogP contribution in [0.3, 0.4) is 0 Å². The van der Waals surface area contributed by atoms with Crippen molar-refractivity contribution in [3.05, 3.63) is 52.9 Å². The molecule has 1 aromatic carbocycles. The van der Waals surface area contributed by atoms with E-state index in [1.54, 1.807) is 7.05 Å². The molecule has 0 aliphatic rings. The lowest BCUT2D eigenvalue weighted by Gasteiger charge is -2.10. The maximum atomic E-state index is 5.57. The zero-order chi connectivity index (χ0) is 17.8. The molecule has 3 rings (SSSR count). The zero-order valence-corrected chi connectivity index (χ0v) is 15.2. The largest absolute Gasteiger partial charge is 0.444 e. The Labute approximate surface area is 147 Å². The highest BCUT2D eigenvalue weighted by Crippen LogP contribution is 2.21. The van der Waals surface area contributed by atoms with Crippen LogP contribution in [0.25, 0.3) is 10.9 Å². The first-order valence-electron chi connectivity index (χ1n) is 8.51. The average Bonchev–Trinajstić information content (AvgIpc) is 3.15. The molecule has 0 spiro atoms. The van der Waals surface area contributed by atoms with Gasteiger partial charge in [0.15, 0.2) is 5.96 Å². The minimum absolute atomic E-state index is 0.515. The number of nitrogens with zero attached hydrogens (tertiary/aromatic N) is 2. The highest BCUT2D eigenvalue weighted by Gasteiger charge is 2.08. The van der Waals surface area contributed by atoms with E-state index in [0.29, 0.717) is 12.4 Å². The summed E-state index contributed by atoms with van der Waals surface area (Å²) in [6.07, 6.45) is 3.01. The van der Waals surface area contributed by atoms with E-state index in [4.69, 9.17) is 4.42 Å². The van der Waals surface area contributed by atoms with Gasteiger partial charge in [-0.25, -0.2) is 4.98 Å². The predicted molar refractivity (Wildman–Crippen MR) is 101 cm³/mol. The monoisotopic (exact) mass is 339 g/mol. The molecule has 0 atom stereocenters. The smallest absolute Gasteiger partial charge is 0.214 e. The van der Waals surface area contributed by atoms with Crippen LogP contribution in [0.2, 0.25) is 0 Å². The molecule has 25 heavy (non-hydrogen) atoms. The zero-order valence-electron chi connectivity index (χ0n) is 15.2. The number of para-hydroxylation sites is 1. The van der Waals surface area contributed by atoms with Crippen LogP contribution in [-0.2, 0) is 13.0 Å². The number of aromatic nitrogens is 2. The van der Waals surface area contributed by atoms with Gasteiger partial charge in [-0.1, -0.05) is 18.2 Å². The molecule has 0 unspecified atom stereocenters.